The maximum Gasteiger partial charge on any atom is 0.330 e. The molecule has 0 saturated heterocycles. The van der Waals surface area contributed by atoms with Gasteiger partial charge in [-0.3, -0.25) is 0 Å². The summed E-state index contributed by atoms with van der Waals surface area (Å²) in [5.74, 6) is 1.65. The number of hydrogen-bond donors (Lipinski definition) is 0. The van der Waals surface area contributed by atoms with Gasteiger partial charge in [0.2, 0.25) is 0 Å². The molecule has 1 saturated carbocycles. The average molecular weight is 385 g/mol. The van der Waals surface area contributed by atoms with Gasteiger partial charge in [0.05, 0.1) is 6.61 Å². The second kappa shape index (κ2) is 7.88. The zero-order valence-electron chi connectivity index (χ0n) is 12.8. The molecule has 2 bridgehead atoms. The van der Waals surface area contributed by atoms with Crippen LogP contribution < -0.4 is 0 Å². The van der Waals surface area contributed by atoms with E-state index >= 15 is 0 Å². The van der Waals surface area contributed by atoms with Crippen LogP contribution in [0.1, 0.15) is 26.2 Å². The van der Waals surface area contributed by atoms with Crippen LogP contribution in [-0.2, 0) is 29.0 Å². The molecular formula is C19H22O2Rh. The maximum absolute atomic E-state index is 11.8. The Morgan fingerprint density at radius 1 is 1.32 bits per heavy atom. The van der Waals surface area contributed by atoms with Gasteiger partial charge in [-0.25, -0.2) is 4.79 Å². The number of carbonyl (C=O) groups is 1. The van der Waals surface area contributed by atoms with E-state index in [9.17, 15) is 4.79 Å². The van der Waals surface area contributed by atoms with E-state index in [-0.39, 0.29) is 25.4 Å². The number of hydrogen-bond acceptors (Lipinski definition) is 2. The second-order valence-electron chi connectivity index (χ2n) is 6.29. The predicted octanol–water partition coefficient (Wildman–Crippen LogP) is 4.13. The van der Waals surface area contributed by atoms with Gasteiger partial charge >= 0.3 is 5.97 Å². The van der Waals surface area contributed by atoms with Gasteiger partial charge in [0, 0.05) is 25.6 Å². The molecule has 22 heavy (non-hydrogen) atoms. The summed E-state index contributed by atoms with van der Waals surface area (Å²) in [6.45, 7) is 2.66. The first-order valence-corrected chi connectivity index (χ1v) is 7.78. The summed E-state index contributed by atoms with van der Waals surface area (Å²) >= 11 is 0. The summed E-state index contributed by atoms with van der Waals surface area (Å²) in [4.78, 5) is 11.8. The molecule has 3 unspecified atom stereocenters. The molecule has 0 aliphatic heterocycles. The van der Waals surface area contributed by atoms with Crippen molar-refractivity contribution >= 4 is 5.97 Å². The Hall–Kier alpha value is -1.21. The number of allylic oxidation sites excluding steroid dienone is 9. The van der Waals surface area contributed by atoms with Crippen LogP contribution in [-0.4, -0.2) is 12.6 Å². The first-order chi connectivity index (χ1) is 10.2. The summed E-state index contributed by atoms with van der Waals surface area (Å²) in [5.41, 5.74) is 2.35. The molecule has 0 aromatic heterocycles. The molecule has 0 aromatic rings. The van der Waals surface area contributed by atoms with Gasteiger partial charge in [0.25, 0.3) is 0 Å². The van der Waals surface area contributed by atoms with E-state index in [0.717, 1.165) is 17.9 Å². The van der Waals surface area contributed by atoms with E-state index in [0.29, 0.717) is 18.4 Å². The SMILES string of the molecule is CC1=CC=C(/C=C/C(=O)OCC2CC3C=CC2C3)C=CC1.[Rh]. The van der Waals surface area contributed by atoms with Gasteiger partial charge in [-0.05, 0) is 55.6 Å². The van der Waals surface area contributed by atoms with Crippen molar-refractivity contribution in [3.05, 3.63) is 59.8 Å². The Balaban J connectivity index is 0.00000176. The second-order valence-corrected chi connectivity index (χ2v) is 6.29. The Kier molecular flexibility index (Phi) is 6.14. The number of fused-ring (bicyclic) bond motifs is 2. The molecule has 0 amide bonds. The molecule has 119 valence electrons. The normalized spacial score (nSPS) is 29.0. The van der Waals surface area contributed by atoms with Crippen molar-refractivity contribution in [3.63, 3.8) is 0 Å². The minimum absolute atomic E-state index is 0. The van der Waals surface area contributed by atoms with Crippen molar-refractivity contribution in [1.82, 2.24) is 0 Å². The molecule has 3 atom stereocenters. The summed E-state index contributed by atoms with van der Waals surface area (Å²) in [7, 11) is 0. The van der Waals surface area contributed by atoms with Crippen LogP contribution in [0.25, 0.3) is 0 Å². The van der Waals surface area contributed by atoms with Gasteiger partial charge in [-0.1, -0.05) is 42.0 Å². The Bertz CT molecular complexity index is 566. The molecule has 3 aliphatic rings. The van der Waals surface area contributed by atoms with Crippen LogP contribution in [0.2, 0.25) is 0 Å². The molecule has 3 aliphatic carbocycles. The van der Waals surface area contributed by atoms with E-state index in [2.05, 4.69) is 31.2 Å². The van der Waals surface area contributed by atoms with Crippen molar-refractivity contribution in [2.75, 3.05) is 6.61 Å². The van der Waals surface area contributed by atoms with Crippen molar-refractivity contribution in [2.24, 2.45) is 17.8 Å². The van der Waals surface area contributed by atoms with E-state index in [1.54, 1.807) is 0 Å². The van der Waals surface area contributed by atoms with Gasteiger partial charge in [-0.15, -0.1) is 0 Å². The maximum atomic E-state index is 11.8. The monoisotopic (exact) mass is 385 g/mol. The molecule has 1 fully saturated rings. The fourth-order valence-electron chi connectivity index (χ4n) is 3.34. The standard InChI is InChI=1S/C19H22O2.Rh/c1-14-3-2-4-15(6-5-14)8-10-19(20)21-13-18-12-16-7-9-17(18)11-16;/h2,4-10,16-18H,3,11-13H2,1H3;/b10-8+;. The van der Waals surface area contributed by atoms with Crippen molar-refractivity contribution in [2.45, 2.75) is 26.2 Å². The zero-order valence-corrected chi connectivity index (χ0v) is 14.5. The average Bonchev–Trinajstić information content (AvgIpc) is 3.04. The molecule has 0 aromatic carbocycles. The fourth-order valence-corrected chi connectivity index (χ4v) is 3.34. The molecule has 0 heterocycles. The summed E-state index contributed by atoms with van der Waals surface area (Å²) in [5, 5.41) is 0. The van der Waals surface area contributed by atoms with Crippen molar-refractivity contribution < 1.29 is 29.0 Å². The Morgan fingerprint density at radius 2 is 2.18 bits per heavy atom. The third-order valence-corrected chi connectivity index (χ3v) is 4.58. The van der Waals surface area contributed by atoms with Crippen molar-refractivity contribution in [3.8, 4) is 0 Å². The molecule has 2 nitrogen and oxygen atoms in total. The van der Waals surface area contributed by atoms with E-state index in [1.165, 1.54) is 24.5 Å². The zero-order chi connectivity index (χ0) is 14.7. The topological polar surface area (TPSA) is 26.3 Å². The third-order valence-electron chi connectivity index (χ3n) is 4.58. The predicted molar refractivity (Wildman–Crippen MR) is 84.5 cm³/mol. The Morgan fingerprint density at radius 3 is 2.91 bits per heavy atom. The molecule has 0 N–H and O–H groups in total. The van der Waals surface area contributed by atoms with Crippen LogP contribution in [0, 0.1) is 17.8 Å². The smallest absolute Gasteiger partial charge is 0.330 e. The van der Waals surface area contributed by atoms with Gasteiger partial charge < -0.3 is 4.74 Å². The largest absolute Gasteiger partial charge is 0.462 e. The van der Waals surface area contributed by atoms with Crippen LogP contribution in [0.15, 0.2) is 59.8 Å². The Labute approximate surface area is 145 Å². The number of carbonyl (C=O) groups excluding carboxylic acids is 1. The quantitative estimate of drug-likeness (QED) is 0.315. The first-order valence-electron chi connectivity index (χ1n) is 7.78. The number of ether oxygens (including phenoxy) is 1. The first kappa shape index (κ1) is 17.2. The molecule has 3 rings (SSSR count). The van der Waals surface area contributed by atoms with Crippen molar-refractivity contribution in [1.29, 1.82) is 0 Å². The van der Waals surface area contributed by atoms with Crippen LogP contribution in [0.4, 0.5) is 0 Å². The van der Waals surface area contributed by atoms with Gasteiger partial charge in [0.1, 0.15) is 0 Å². The van der Waals surface area contributed by atoms with Crippen LogP contribution >= 0.6 is 0 Å². The summed E-state index contributed by atoms with van der Waals surface area (Å²) in [6, 6.07) is 0. The minimum Gasteiger partial charge on any atom is -0.462 e. The number of rotatable bonds is 4. The number of esters is 1. The van der Waals surface area contributed by atoms with E-state index < -0.39 is 0 Å². The van der Waals surface area contributed by atoms with Gasteiger partial charge in [-0.2, -0.15) is 0 Å². The van der Waals surface area contributed by atoms with E-state index in [1.807, 2.05) is 18.2 Å². The van der Waals surface area contributed by atoms with Crippen LogP contribution in [0.5, 0.6) is 0 Å². The molecule has 1 radical (unpaired) electrons. The van der Waals surface area contributed by atoms with Gasteiger partial charge in [0.15, 0.2) is 0 Å². The summed E-state index contributed by atoms with van der Waals surface area (Å²) < 4.78 is 5.40. The fraction of sp³-hybridized carbons (Fsp3) is 0.421. The third kappa shape index (κ3) is 4.40. The molecule has 0 spiro atoms. The molecular weight excluding hydrogens is 363 g/mol. The van der Waals surface area contributed by atoms with Crippen LogP contribution in [0.3, 0.4) is 0 Å². The minimum atomic E-state index is -0.235. The summed E-state index contributed by atoms with van der Waals surface area (Å²) in [6.07, 6.45) is 19.6. The van der Waals surface area contributed by atoms with E-state index in [4.69, 9.17) is 4.74 Å². The molecule has 3 heteroatoms.